The summed E-state index contributed by atoms with van der Waals surface area (Å²) in [4.78, 5) is 14.6. The Balaban J connectivity index is 2.22. The van der Waals surface area contributed by atoms with E-state index in [9.17, 15) is 13.2 Å². The second-order valence-corrected chi connectivity index (χ2v) is 8.28. The number of nitrogens with zero attached hydrogens (tertiary/aromatic N) is 2. The van der Waals surface area contributed by atoms with Gasteiger partial charge in [-0.05, 0) is 57.4 Å². The molecule has 25 heavy (non-hydrogen) atoms. The fourth-order valence-corrected chi connectivity index (χ4v) is 4.93. The maximum absolute atomic E-state index is 13.0. The first-order chi connectivity index (χ1) is 11.8. The van der Waals surface area contributed by atoms with Crippen molar-refractivity contribution in [2.75, 3.05) is 33.3 Å². The van der Waals surface area contributed by atoms with E-state index in [1.807, 2.05) is 20.8 Å². The Labute approximate surface area is 150 Å². The van der Waals surface area contributed by atoms with Crippen molar-refractivity contribution >= 4 is 15.9 Å². The number of sulfonamides is 1. The van der Waals surface area contributed by atoms with Gasteiger partial charge in [-0.2, -0.15) is 4.31 Å². The number of carbonyl (C=O) groups excluding carboxylic acids is 1. The molecule has 0 unspecified atom stereocenters. The van der Waals surface area contributed by atoms with E-state index in [1.54, 1.807) is 30.2 Å². The molecule has 1 aliphatic rings. The minimum absolute atomic E-state index is 0.0517. The van der Waals surface area contributed by atoms with Crippen LogP contribution in [0, 0.1) is 12.8 Å². The molecule has 0 saturated carbocycles. The summed E-state index contributed by atoms with van der Waals surface area (Å²) in [7, 11) is -2.05. The highest BCUT2D eigenvalue weighted by Crippen LogP contribution is 2.27. The zero-order valence-electron chi connectivity index (χ0n) is 15.5. The minimum Gasteiger partial charge on any atom is -0.496 e. The number of ether oxygens (including phenoxy) is 1. The Kier molecular flexibility index (Phi) is 6.46. The van der Waals surface area contributed by atoms with Crippen molar-refractivity contribution in [2.45, 2.75) is 38.5 Å². The molecule has 0 aromatic heterocycles. The first-order valence-electron chi connectivity index (χ1n) is 8.78. The number of benzene rings is 1. The van der Waals surface area contributed by atoms with E-state index in [1.165, 1.54) is 4.31 Å². The van der Waals surface area contributed by atoms with E-state index >= 15 is 0 Å². The van der Waals surface area contributed by atoms with Gasteiger partial charge < -0.3 is 9.64 Å². The van der Waals surface area contributed by atoms with Gasteiger partial charge in [0.1, 0.15) is 5.75 Å². The van der Waals surface area contributed by atoms with Gasteiger partial charge in [0.25, 0.3) is 0 Å². The average Bonchev–Trinajstić information content (AvgIpc) is 2.62. The van der Waals surface area contributed by atoms with Crippen molar-refractivity contribution < 1.29 is 17.9 Å². The smallest absolute Gasteiger partial charge is 0.243 e. The first kappa shape index (κ1) is 19.7. The number of amides is 1. The summed E-state index contributed by atoms with van der Waals surface area (Å²) in [6.07, 6.45) is 1.44. The average molecular weight is 368 g/mol. The van der Waals surface area contributed by atoms with E-state index in [4.69, 9.17) is 4.74 Å². The molecular formula is C18H28N2O4S. The lowest BCUT2D eigenvalue weighted by Gasteiger charge is -2.33. The number of rotatable bonds is 6. The van der Waals surface area contributed by atoms with Crippen LogP contribution in [0.1, 0.15) is 32.3 Å². The summed E-state index contributed by atoms with van der Waals surface area (Å²) in [5, 5.41) is 0. The molecule has 1 aromatic carbocycles. The Morgan fingerprint density at radius 1 is 1.32 bits per heavy atom. The van der Waals surface area contributed by atoms with E-state index in [2.05, 4.69) is 0 Å². The Bertz CT molecular complexity index is 714. The fraction of sp³-hybridized carbons (Fsp3) is 0.611. The third-order valence-electron chi connectivity index (χ3n) is 4.81. The van der Waals surface area contributed by atoms with Crippen LogP contribution < -0.4 is 4.74 Å². The van der Waals surface area contributed by atoms with Crippen molar-refractivity contribution in [3.63, 3.8) is 0 Å². The SMILES string of the molecule is CCN(CC)C(=O)[C@@H]1CCCN(S(=O)(=O)c2ccc(OC)c(C)c2)C1. The first-order valence-corrected chi connectivity index (χ1v) is 10.2. The van der Waals surface area contributed by atoms with Gasteiger partial charge in [-0.1, -0.05) is 0 Å². The molecule has 2 rings (SSSR count). The molecule has 1 heterocycles. The number of carbonyl (C=O) groups is 1. The van der Waals surface area contributed by atoms with Crippen LogP contribution in [0.3, 0.4) is 0 Å². The zero-order valence-corrected chi connectivity index (χ0v) is 16.3. The topological polar surface area (TPSA) is 66.9 Å². The molecule has 1 saturated heterocycles. The van der Waals surface area contributed by atoms with Gasteiger partial charge in [0.15, 0.2) is 0 Å². The highest BCUT2D eigenvalue weighted by Gasteiger charge is 2.34. The number of hydrogen-bond donors (Lipinski definition) is 0. The number of methoxy groups -OCH3 is 1. The monoisotopic (exact) mass is 368 g/mol. The second kappa shape index (κ2) is 8.19. The summed E-state index contributed by atoms with van der Waals surface area (Å²) in [6, 6.07) is 4.87. The number of aryl methyl sites for hydroxylation is 1. The molecule has 0 bridgehead atoms. The normalized spacial score (nSPS) is 18.8. The largest absolute Gasteiger partial charge is 0.496 e. The molecule has 140 valence electrons. The zero-order chi connectivity index (χ0) is 18.6. The third-order valence-corrected chi connectivity index (χ3v) is 6.67. The highest BCUT2D eigenvalue weighted by molar-refractivity contribution is 7.89. The van der Waals surface area contributed by atoms with Crippen LogP contribution in [0.15, 0.2) is 23.1 Å². The van der Waals surface area contributed by atoms with Gasteiger partial charge in [-0.25, -0.2) is 8.42 Å². The fourth-order valence-electron chi connectivity index (χ4n) is 3.32. The van der Waals surface area contributed by atoms with E-state index in [-0.39, 0.29) is 23.3 Å². The molecule has 7 heteroatoms. The van der Waals surface area contributed by atoms with Crippen molar-refractivity contribution in [1.82, 2.24) is 9.21 Å². The van der Waals surface area contributed by atoms with E-state index < -0.39 is 10.0 Å². The standard InChI is InChI=1S/C18H28N2O4S/c1-5-19(6-2)18(21)15-8-7-11-20(13-15)25(22,23)16-9-10-17(24-4)14(3)12-16/h9-10,12,15H,5-8,11,13H2,1-4H3/t15-/m1/s1. The molecule has 0 aliphatic carbocycles. The molecule has 1 amide bonds. The predicted octanol–water partition coefficient (Wildman–Crippen LogP) is 2.27. The lowest BCUT2D eigenvalue weighted by molar-refractivity contribution is -0.136. The lowest BCUT2D eigenvalue weighted by Crippen LogP contribution is -2.46. The molecule has 1 atom stereocenters. The molecule has 0 spiro atoms. The minimum atomic E-state index is -3.61. The van der Waals surface area contributed by atoms with Gasteiger partial charge >= 0.3 is 0 Å². The lowest BCUT2D eigenvalue weighted by atomic mass is 9.98. The molecule has 6 nitrogen and oxygen atoms in total. The summed E-state index contributed by atoms with van der Waals surface area (Å²) in [6.45, 7) is 7.71. The highest BCUT2D eigenvalue weighted by atomic mass is 32.2. The summed E-state index contributed by atoms with van der Waals surface area (Å²) >= 11 is 0. The number of piperidine rings is 1. The molecular weight excluding hydrogens is 340 g/mol. The summed E-state index contributed by atoms with van der Waals surface area (Å²) < 4.78 is 32.6. The molecule has 0 radical (unpaired) electrons. The van der Waals surface area contributed by atoms with E-state index in [0.717, 1.165) is 12.0 Å². The quantitative estimate of drug-likeness (QED) is 0.773. The van der Waals surface area contributed by atoms with Gasteiger partial charge in [0, 0.05) is 26.2 Å². The van der Waals surface area contributed by atoms with Gasteiger partial charge in [-0.15, -0.1) is 0 Å². The molecule has 1 aromatic rings. The van der Waals surface area contributed by atoms with Crippen LogP contribution in [0.25, 0.3) is 0 Å². The van der Waals surface area contributed by atoms with Crippen LogP contribution in [0.4, 0.5) is 0 Å². The van der Waals surface area contributed by atoms with Crippen LogP contribution in [-0.4, -0.2) is 56.8 Å². The summed E-state index contributed by atoms with van der Waals surface area (Å²) in [5.41, 5.74) is 0.774. The maximum Gasteiger partial charge on any atom is 0.243 e. The molecule has 1 aliphatic heterocycles. The van der Waals surface area contributed by atoms with Crippen molar-refractivity contribution in [3.8, 4) is 5.75 Å². The Morgan fingerprint density at radius 3 is 2.56 bits per heavy atom. The van der Waals surface area contributed by atoms with Crippen LogP contribution in [-0.2, 0) is 14.8 Å². The molecule has 0 N–H and O–H groups in total. The van der Waals surface area contributed by atoms with E-state index in [0.29, 0.717) is 31.8 Å². The van der Waals surface area contributed by atoms with Gasteiger partial charge in [0.05, 0.1) is 17.9 Å². The van der Waals surface area contributed by atoms with Crippen LogP contribution in [0.5, 0.6) is 5.75 Å². The number of hydrogen-bond acceptors (Lipinski definition) is 4. The molecule has 1 fully saturated rings. The predicted molar refractivity (Wildman–Crippen MR) is 97.1 cm³/mol. The Hall–Kier alpha value is -1.60. The maximum atomic E-state index is 13.0. The third kappa shape index (κ3) is 4.15. The van der Waals surface area contributed by atoms with Crippen molar-refractivity contribution in [1.29, 1.82) is 0 Å². The van der Waals surface area contributed by atoms with Crippen molar-refractivity contribution in [3.05, 3.63) is 23.8 Å². The van der Waals surface area contributed by atoms with Gasteiger partial charge in [-0.3, -0.25) is 4.79 Å². The van der Waals surface area contributed by atoms with Gasteiger partial charge in [0.2, 0.25) is 15.9 Å². The van der Waals surface area contributed by atoms with Crippen LogP contribution >= 0.6 is 0 Å². The van der Waals surface area contributed by atoms with Crippen molar-refractivity contribution in [2.24, 2.45) is 5.92 Å². The Morgan fingerprint density at radius 2 is 2.00 bits per heavy atom. The van der Waals surface area contributed by atoms with Crippen LogP contribution in [0.2, 0.25) is 0 Å². The second-order valence-electron chi connectivity index (χ2n) is 6.34. The summed E-state index contributed by atoms with van der Waals surface area (Å²) in [5.74, 6) is 0.450.